The molecular formula is C12H15N3. The second-order valence-electron chi connectivity index (χ2n) is 4.35. The summed E-state index contributed by atoms with van der Waals surface area (Å²) in [6, 6.07) is 8.21. The fraction of sp³-hybridized carbons (Fsp3) is 0.417. The van der Waals surface area contributed by atoms with E-state index < -0.39 is 0 Å². The van der Waals surface area contributed by atoms with E-state index >= 15 is 0 Å². The standard InChI is InChI=1S/C12H15N3/c1-8(9-6-13-7-9)12-14-10-4-2-3-5-11(10)15-12/h2-5,8-9,13H,6-7H2,1H3,(H,14,15). The van der Waals surface area contributed by atoms with E-state index in [1.54, 1.807) is 0 Å². The molecular weight excluding hydrogens is 186 g/mol. The molecule has 1 aliphatic rings. The average molecular weight is 201 g/mol. The van der Waals surface area contributed by atoms with Crippen LogP contribution in [0.5, 0.6) is 0 Å². The maximum atomic E-state index is 4.63. The number of aromatic amines is 1. The first-order valence-corrected chi connectivity index (χ1v) is 5.50. The van der Waals surface area contributed by atoms with Crippen LogP contribution >= 0.6 is 0 Å². The molecule has 0 aliphatic carbocycles. The van der Waals surface area contributed by atoms with Crippen LogP contribution in [0.3, 0.4) is 0 Å². The molecule has 1 aromatic carbocycles. The number of nitrogens with zero attached hydrogens (tertiary/aromatic N) is 1. The molecule has 0 radical (unpaired) electrons. The van der Waals surface area contributed by atoms with Crippen LogP contribution in [0.25, 0.3) is 11.0 Å². The van der Waals surface area contributed by atoms with Crippen LogP contribution in [0, 0.1) is 5.92 Å². The largest absolute Gasteiger partial charge is 0.342 e. The molecule has 0 spiro atoms. The average Bonchev–Trinajstić information content (AvgIpc) is 2.58. The highest BCUT2D eigenvalue weighted by atomic mass is 15.0. The molecule has 3 nitrogen and oxygen atoms in total. The summed E-state index contributed by atoms with van der Waals surface area (Å²) < 4.78 is 0. The van der Waals surface area contributed by atoms with Gasteiger partial charge in [-0.25, -0.2) is 4.98 Å². The zero-order valence-corrected chi connectivity index (χ0v) is 8.83. The summed E-state index contributed by atoms with van der Waals surface area (Å²) in [7, 11) is 0. The number of hydrogen-bond donors (Lipinski definition) is 2. The Morgan fingerprint density at radius 3 is 2.80 bits per heavy atom. The van der Waals surface area contributed by atoms with Crippen LogP contribution in [0.1, 0.15) is 18.7 Å². The van der Waals surface area contributed by atoms with Gasteiger partial charge in [0, 0.05) is 5.92 Å². The maximum absolute atomic E-state index is 4.63. The first-order valence-electron chi connectivity index (χ1n) is 5.50. The van der Waals surface area contributed by atoms with Gasteiger partial charge in [0.15, 0.2) is 0 Å². The lowest BCUT2D eigenvalue weighted by Crippen LogP contribution is -2.44. The molecule has 3 rings (SSSR count). The molecule has 2 heterocycles. The fourth-order valence-electron chi connectivity index (χ4n) is 2.08. The quantitative estimate of drug-likeness (QED) is 0.779. The highest BCUT2D eigenvalue weighted by Crippen LogP contribution is 2.26. The van der Waals surface area contributed by atoms with Gasteiger partial charge in [-0.3, -0.25) is 0 Å². The third-order valence-electron chi connectivity index (χ3n) is 3.36. The Bertz CT molecular complexity index is 437. The third-order valence-corrected chi connectivity index (χ3v) is 3.36. The van der Waals surface area contributed by atoms with Crippen molar-refractivity contribution in [2.45, 2.75) is 12.8 Å². The lowest BCUT2D eigenvalue weighted by atomic mass is 9.88. The molecule has 1 aliphatic heterocycles. The van der Waals surface area contributed by atoms with Gasteiger partial charge < -0.3 is 10.3 Å². The van der Waals surface area contributed by atoms with Crippen molar-refractivity contribution in [1.29, 1.82) is 0 Å². The molecule has 1 unspecified atom stereocenters. The van der Waals surface area contributed by atoms with E-state index in [0.29, 0.717) is 5.92 Å². The number of imidazole rings is 1. The van der Waals surface area contributed by atoms with E-state index in [1.807, 2.05) is 12.1 Å². The Morgan fingerprint density at radius 2 is 2.13 bits per heavy atom. The minimum Gasteiger partial charge on any atom is -0.342 e. The minimum atomic E-state index is 0.527. The van der Waals surface area contributed by atoms with Gasteiger partial charge in [-0.15, -0.1) is 0 Å². The minimum absolute atomic E-state index is 0.527. The number of hydrogen-bond acceptors (Lipinski definition) is 2. The predicted molar refractivity (Wildman–Crippen MR) is 60.9 cm³/mol. The summed E-state index contributed by atoms with van der Waals surface area (Å²) in [5, 5.41) is 3.30. The Labute approximate surface area is 88.9 Å². The maximum Gasteiger partial charge on any atom is 0.110 e. The molecule has 78 valence electrons. The Kier molecular flexibility index (Phi) is 1.99. The van der Waals surface area contributed by atoms with Crippen molar-refractivity contribution < 1.29 is 0 Å². The highest BCUT2D eigenvalue weighted by molar-refractivity contribution is 5.74. The summed E-state index contributed by atoms with van der Waals surface area (Å²) in [5.41, 5.74) is 2.22. The molecule has 3 heteroatoms. The molecule has 2 aromatic rings. The van der Waals surface area contributed by atoms with Crippen molar-refractivity contribution in [3.63, 3.8) is 0 Å². The van der Waals surface area contributed by atoms with Crippen molar-refractivity contribution in [2.75, 3.05) is 13.1 Å². The van der Waals surface area contributed by atoms with Crippen molar-refractivity contribution in [3.05, 3.63) is 30.1 Å². The van der Waals surface area contributed by atoms with E-state index in [-0.39, 0.29) is 0 Å². The second kappa shape index (κ2) is 3.35. The first kappa shape index (κ1) is 8.92. The van der Waals surface area contributed by atoms with Crippen LogP contribution in [-0.2, 0) is 0 Å². The molecule has 0 amide bonds. The van der Waals surface area contributed by atoms with Gasteiger partial charge >= 0.3 is 0 Å². The molecule has 0 bridgehead atoms. The summed E-state index contributed by atoms with van der Waals surface area (Å²) in [4.78, 5) is 8.04. The fourth-order valence-corrected chi connectivity index (χ4v) is 2.08. The lowest BCUT2D eigenvalue weighted by Gasteiger charge is -2.31. The van der Waals surface area contributed by atoms with Gasteiger partial charge in [0.1, 0.15) is 5.82 Å². The molecule has 1 aromatic heterocycles. The van der Waals surface area contributed by atoms with Crippen LogP contribution < -0.4 is 5.32 Å². The Balaban J connectivity index is 1.96. The van der Waals surface area contributed by atoms with Gasteiger partial charge in [0.05, 0.1) is 11.0 Å². The molecule has 1 saturated heterocycles. The van der Waals surface area contributed by atoms with Gasteiger partial charge in [0.2, 0.25) is 0 Å². The topological polar surface area (TPSA) is 40.7 Å². The van der Waals surface area contributed by atoms with Crippen LogP contribution in [0.15, 0.2) is 24.3 Å². The third kappa shape index (κ3) is 1.43. The highest BCUT2D eigenvalue weighted by Gasteiger charge is 2.26. The first-order chi connectivity index (χ1) is 7.34. The van der Waals surface area contributed by atoms with E-state index in [9.17, 15) is 0 Å². The van der Waals surface area contributed by atoms with E-state index in [1.165, 1.54) is 0 Å². The predicted octanol–water partition coefficient (Wildman–Crippen LogP) is 1.89. The van der Waals surface area contributed by atoms with Crippen LogP contribution in [0.4, 0.5) is 0 Å². The van der Waals surface area contributed by atoms with Gasteiger partial charge in [-0.05, 0) is 31.1 Å². The van der Waals surface area contributed by atoms with Crippen molar-refractivity contribution in [1.82, 2.24) is 15.3 Å². The number of rotatable bonds is 2. The second-order valence-corrected chi connectivity index (χ2v) is 4.35. The number of H-pyrrole nitrogens is 1. The van der Waals surface area contributed by atoms with Gasteiger partial charge in [-0.1, -0.05) is 19.1 Å². The summed E-state index contributed by atoms with van der Waals surface area (Å²) in [5.74, 6) is 2.40. The molecule has 1 fully saturated rings. The van der Waals surface area contributed by atoms with E-state index in [2.05, 4.69) is 34.3 Å². The van der Waals surface area contributed by atoms with Crippen molar-refractivity contribution in [2.24, 2.45) is 5.92 Å². The number of para-hydroxylation sites is 2. The summed E-state index contributed by atoms with van der Waals surface area (Å²) in [6.45, 7) is 4.50. The molecule has 2 N–H and O–H groups in total. The SMILES string of the molecule is CC(c1nc2ccccc2[nH]1)C1CNC1. The molecule has 0 saturated carbocycles. The van der Waals surface area contributed by atoms with E-state index in [0.717, 1.165) is 35.9 Å². The Morgan fingerprint density at radius 1 is 1.33 bits per heavy atom. The monoisotopic (exact) mass is 201 g/mol. The Hall–Kier alpha value is -1.35. The van der Waals surface area contributed by atoms with Crippen LogP contribution in [-0.4, -0.2) is 23.1 Å². The van der Waals surface area contributed by atoms with E-state index in [4.69, 9.17) is 0 Å². The normalized spacial score (nSPS) is 19.0. The van der Waals surface area contributed by atoms with Gasteiger partial charge in [-0.2, -0.15) is 0 Å². The van der Waals surface area contributed by atoms with Crippen molar-refractivity contribution >= 4 is 11.0 Å². The molecule has 1 atom stereocenters. The van der Waals surface area contributed by atoms with Crippen LogP contribution in [0.2, 0.25) is 0 Å². The number of aromatic nitrogens is 2. The number of nitrogens with one attached hydrogen (secondary N) is 2. The zero-order chi connectivity index (χ0) is 10.3. The smallest absolute Gasteiger partial charge is 0.110 e. The number of benzene rings is 1. The molecule has 15 heavy (non-hydrogen) atoms. The summed E-state index contributed by atoms with van der Waals surface area (Å²) >= 11 is 0. The summed E-state index contributed by atoms with van der Waals surface area (Å²) in [6.07, 6.45) is 0. The van der Waals surface area contributed by atoms with Gasteiger partial charge in [0.25, 0.3) is 0 Å². The van der Waals surface area contributed by atoms with Crippen molar-refractivity contribution in [3.8, 4) is 0 Å². The number of fused-ring (bicyclic) bond motifs is 1. The lowest BCUT2D eigenvalue weighted by molar-refractivity contribution is 0.297. The zero-order valence-electron chi connectivity index (χ0n) is 8.83.